The van der Waals surface area contributed by atoms with Crippen LogP contribution in [0.5, 0.6) is 0 Å². The Hall–Kier alpha value is -0.300. The summed E-state index contributed by atoms with van der Waals surface area (Å²) < 4.78 is 0. The number of rotatable bonds is 1. The Bertz CT molecular complexity index is 207. The Kier molecular flexibility index (Phi) is 1.99. The Morgan fingerprint density at radius 1 is 1.50 bits per heavy atom. The lowest BCUT2D eigenvalue weighted by atomic mass is 9.64. The van der Waals surface area contributed by atoms with Crippen LogP contribution in [0.15, 0.2) is 11.6 Å². The summed E-state index contributed by atoms with van der Waals surface area (Å²) in [5.41, 5.74) is 0.952. The van der Waals surface area contributed by atoms with Crippen LogP contribution in [-0.2, 0) is 0 Å². The normalized spacial score (nSPS) is 41.8. The van der Waals surface area contributed by atoms with Crippen LogP contribution in [0.1, 0.15) is 45.4 Å². The second-order valence-electron chi connectivity index (χ2n) is 4.34. The lowest BCUT2D eigenvalue weighted by molar-refractivity contribution is -0.0563. The summed E-state index contributed by atoms with van der Waals surface area (Å²) in [6.07, 6.45) is 9.40. The predicted octanol–water partition coefficient (Wildman–Crippen LogP) is 2.65. The van der Waals surface area contributed by atoms with Gasteiger partial charge >= 0.3 is 0 Å². The van der Waals surface area contributed by atoms with Gasteiger partial charge in [-0.25, -0.2) is 0 Å². The summed E-state index contributed by atoms with van der Waals surface area (Å²) in [6.45, 7) is 2.17. The zero-order valence-corrected chi connectivity index (χ0v) is 7.84. The van der Waals surface area contributed by atoms with Crippen LogP contribution in [0.25, 0.3) is 0 Å². The average Bonchev–Trinajstić information content (AvgIpc) is 2.16. The number of aliphatic hydroxyl groups is 1. The van der Waals surface area contributed by atoms with Crippen molar-refractivity contribution in [2.45, 2.75) is 51.0 Å². The molecule has 2 aliphatic carbocycles. The van der Waals surface area contributed by atoms with Crippen molar-refractivity contribution in [3.8, 4) is 0 Å². The van der Waals surface area contributed by atoms with Crippen molar-refractivity contribution >= 4 is 0 Å². The third-order valence-corrected chi connectivity index (χ3v) is 3.62. The van der Waals surface area contributed by atoms with Crippen LogP contribution in [0.3, 0.4) is 0 Å². The second-order valence-corrected chi connectivity index (χ2v) is 4.34. The lowest BCUT2D eigenvalue weighted by Gasteiger charge is -2.46. The van der Waals surface area contributed by atoms with Crippen molar-refractivity contribution in [3.05, 3.63) is 11.6 Å². The van der Waals surface area contributed by atoms with Gasteiger partial charge in [-0.1, -0.05) is 13.0 Å². The third kappa shape index (κ3) is 1.11. The maximum Gasteiger partial charge on any atom is 0.0882 e. The Morgan fingerprint density at radius 3 is 2.75 bits per heavy atom. The zero-order chi connectivity index (χ0) is 8.60. The quantitative estimate of drug-likeness (QED) is 0.594. The number of hydrogen-bond acceptors (Lipinski definition) is 1. The number of allylic oxidation sites excluding steroid dienone is 1. The molecular weight excluding hydrogens is 148 g/mol. The van der Waals surface area contributed by atoms with Gasteiger partial charge in [-0.05, 0) is 50.0 Å². The van der Waals surface area contributed by atoms with Crippen molar-refractivity contribution in [1.82, 2.24) is 0 Å². The van der Waals surface area contributed by atoms with Crippen molar-refractivity contribution in [1.29, 1.82) is 0 Å². The fourth-order valence-electron chi connectivity index (χ4n) is 2.41. The van der Waals surface area contributed by atoms with Gasteiger partial charge < -0.3 is 5.11 Å². The molecule has 12 heavy (non-hydrogen) atoms. The van der Waals surface area contributed by atoms with Gasteiger partial charge in [0.25, 0.3) is 0 Å². The Morgan fingerprint density at radius 2 is 2.33 bits per heavy atom. The standard InChI is InChI=1S/C11H18O/c1-9-7-8-11(9,12)10-5-3-2-4-6-10/h5,9,12H,2-4,6-8H2,1H3. The lowest BCUT2D eigenvalue weighted by Crippen LogP contribution is -2.47. The van der Waals surface area contributed by atoms with Crippen molar-refractivity contribution < 1.29 is 5.11 Å². The Labute approximate surface area is 74.5 Å². The molecule has 0 heterocycles. The molecule has 0 spiro atoms. The fourth-order valence-corrected chi connectivity index (χ4v) is 2.41. The highest BCUT2D eigenvalue weighted by atomic mass is 16.3. The van der Waals surface area contributed by atoms with Crippen LogP contribution >= 0.6 is 0 Å². The maximum atomic E-state index is 10.2. The molecule has 0 aromatic heterocycles. The van der Waals surface area contributed by atoms with Gasteiger partial charge in [0.2, 0.25) is 0 Å². The highest BCUT2D eigenvalue weighted by molar-refractivity contribution is 5.23. The van der Waals surface area contributed by atoms with Crippen molar-refractivity contribution in [2.75, 3.05) is 0 Å². The minimum absolute atomic E-state index is 0.388. The van der Waals surface area contributed by atoms with E-state index in [0.717, 1.165) is 12.8 Å². The molecule has 0 aromatic rings. The third-order valence-electron chi connectivity index (χ3n) is 3.62. The molecule has 1 fully saturated rings. The first kappa shape index (κ1) is 8.31. The van der Waals surface area contributed by atoms with E-state index in [0.29, 0.717) is 5.92 Å². The van der Waals surface area contributed by atoms with E-state index in [1.165, 1.54) is 31.3 Å². The van der Waals surface area contributed by atoms with E-state index in [1.54, 1.807) is 0 Å². The van der Waals surface area contributed by atoms with Gasteiger partial charge in [0.05, 0.1) is 5.60 Å². The Balaban J connectivity index is 2.11. The minimum atomic E-state index is -0.388. The second kappa shape index (κ2) is 2.88. The van der Waals surface area contributed by atoms with Gasteiger partial charge in [-0.15, -0.1) is 0 Å². The first-order valence-corrected chi connectivity index (χ1v) is 5.15. The summed E-state index contributed by atoms with van der Waals surface area (Å²) >= 11 is 0. The molecule has 0 radical (unpaired) electrons. The van der Waals surface area contributed by atoms with Crippen molar-refractivity contribution in [2.24, 2.45) is 5.92 Å². The molecule has 1 nitrogen and oxygen atoms in total. The molecule has 68 valence electrons. The highest BCUT2D eigenvalue weighted by Gasteiger charge is 2.44. The molecule has 1 N–H and O–H groups in total. The first-order valence-electron chi connectivity index (χ1n) is 5.15. The van der Waals surface area contributed by atoms with E-state index in [1.807, 2.05) is 0 Å². The maximum absolute atomic E-state index is 10.2. The number of hydrogen-bond donors (Lipinski definition) is 1. The fraction of sp³-hybridized carbons (Fsp3) is 0.818. The van der Waals surface area contributed by atoms with Crippen LogP contribution in [0.4, 0.5) is 0 Å². The van der Waals surface area contributed by atoms with E-state index in [4.69, 9.17) is 0 Å². The summed E-state index contributed by atoms with van der Waals surface area (Å²) in [5, 5.41) is 10.2. The molecular formula is C11H18O. The van der Waals surface area contributed by atoms with Gasteiger partial charge in [-0.2, -0.15) is 0 Å². The van der Waals surface area contributed by atoms with Crippen LogP contribution in [0, 0.1) is 5.92 Å². The smallest absolute Gasteiger partial charge is 0.0882 e. The van der Waals surface area contributed by atoms with Crippen LogP contribution in [-0.4, -0.2) is 10.7 Å². The van der Waals surface area contributed by atoms with Crippen LogP contribution < -0.4 is 0 Å². The monoisotopic (exact) mass is 166 g/mol. The molecule has 2 aliphatic rings. The predicted molar refractivity (Wildman–Crippen MR) is 49.9 cm³/mol. The average molecular weight is 166 g/mol. The summed E-state index contributed by atoms with van der Waals surface area (Å²) in [4.78, 5) is 0. The van der Waals surface area contributed by atoms with Gasteiger partial charge in [0.1, 0.15) is 0 Å². The molecule has 0 aromatic carbocycles. The molecule has 2 atom stereocenters. The van der Waals surface area contributed by atoms with Crippen molar-refractivity contribution in [3.63, 3.8) is 0 Å². The molecule has 0 amide bonds. The summed E-state index contributed by atoms with van der Waals surface area (Å²) in [6, 6.07) is 0. The van der Waals surface area contributed by atoms with Gasteiger partial charge in [0, 0.05) is 0 Å². The largest absolute Gasteiger partial charge is 0.385 e. The van der Waals surface area contributed by atoms with E-state index < -0.39 is 0 Å². The molecule has 0 saturated heterocycles. The minimum Gasteiger partial charge on any atom is -0.385 e. The summed E-state index contributed by atoms with van der Waals surface area (Å²) in [5.74, 6) is 0.502. The van der Waals surface area contributed by atoms with Gasteiger partial charge in [0.15, 0.2) is 0 Å². The first-order chi connectivity index (χ1) is 5.73. The zero-order valence-electron chi connectivity index (χ0n) is 7.84. The van der Waals surface area contributed by atoms with E-state index in [2.05, 4.69) is 13.0 Å². The molecule has 0 bridgehead atoms. The van der Waals surface area contributed by atoms with E-state index in [-0.39, 0.29) is 5.60 Å². The SMILES string of the molecule is CC1CCC1(O)C1=CCCCC1. The van der Waals surface area contributed by atoms with Gasteiger partial charge in [-0.3, -0.25) is 0 Å². The molecule has 2 unspecified atom stereocenters. The molecule has 1 saturated carbocycles. The topological polar surface area (TPSA) is 20.2 Å². The van der Waals surface area contributed by atoms with Crippen LogP contribution in [0.2, 0.25) is 0 Å². The summed E-state index contributed by atoms with van der Waals surface area (Å²) in [7, 11) is 0. The van der Waals surface area contributed by atoms with E-state index >= 15 is 0 Å². The van der Waals surface area contributed by atoms with E-state index in [9.17, 15) is 5.11 Å². The molecule has 1 heteroatoms. The molecule has 2 rings (SSSR count). The molecule has 0 aliphatic heterocycles. The highest BCUT2D eigenvalue weighted by Crippen LogP contribution is 2.46.